The van der Waals surface area contributed by atoms with Gasteiger partial charge in [0.05, 0.1) is 5.69 Å². The van der Waals surface area contributed by atoms with Gasteiger partial charge in [-0.15, -0.1) is 4.48 Å². The number of rotatable bonds is 2. The first kappa shape index (κ1) is 9.52. The Morgan fingerprint density at radius 3 is 2.40 bits per heavy atom. The van der Waals surface area contributed by atoms with Gasteiger partial charge in [0.2, 0.25) is 0 Å². The van der Waals surface area contributed by atoms with Gasteiger partial charge in [-0.3, -0.25) is 0 Å². The van der Waals surface area contributed by atoms with E-state index in [1.54, 1.807) is 23.7 Å². The SMILES string of the molecule is Nc1ccc(-c2ccccc2)c(NF)c1. The number of nitrogen functional groups attached to an aromatic ring is 1. The molecule has 0 aromatic heterocycles. The molecule has 0 unspecified atom stereocenters. The van der Waals surface area contributed by atoms with Crippen molar-refractivity contribution in [3.8, 4) is 11.1 Å². The third-order valence-corrected chi connectivity index (χ3v) is 2.23. The predicted octanol–water partition coefficient (Wildman–Crippen LogP) is 3.23. The summed E-state index contributed by atoms with van der Waals surface area (Å²) < 4.78 is 12.5. The van der Waals surface area contributed by atoms with Crippen LogP contribution in [0.25, 0.3) is 11.1 Å². The number of hydrogen-bond acceptors (Lipinski definition) is 2. The van der Waals surface area contributed by atoms with Gasteiger partial charge in [-0.25, -0.2) is 5.54 Å². The summed E-state index contributed by atoms with van der Waals surface area (Å²) in [5.74, 6) is 0. The standard InChI is InChI=1S/C12H11FN2/c13-15-12-8-10(14)6-7-11(12)9-4-2-1-3-5-9/h1-8,15H,14H2. The normalized spacial score (nSPS) is 9.93. The first-order valence-electron chi connectivity index (χ1n) is 4.63. The van der Waals surface area contributed by atoms with Crippen LogP contribution in [0.2, 0.25) is 0 Å². The Bertz CT molecular complexity index is 454. The minimum absolute atomic E-state index is 0.390. The molecule has 3 N–H and O–H groups in total. The summed E-state index contributed by atoms with van der Waals surface area (Å²) in [4.78, 5) is 0. The lowest BCUT2D eigenvalue weighted by atomic mass is 10.0. The van der Waals surface area contributed by atoms with E-state index in [0.29, 0.717) is 11.4 Å². The van der Waals surface area contributed by atoms with E-state index in [0.717, 1.165) is 11.1 Å². The van der Waals surface area contributed by atoms with Crippen molar-refractivity contribution >= 4 is 11.4 Å². The van der Waals surface area contributed by atoms with Crippen LogP contribution >= 0.6 is 0 Å². The molecule has 0 aliphatic heterocycles. The minimum Gasteiger partial charge on any atom is -0.399 e. The fourth-order valence-corrected chi connectivity index (χ4v) is 1.51. The molecule has 0 heterocycles. The molecular formula is C12H11FN2. The van der Waals surface area contributed by atoms with Crippen molar-refractivity contribution in [3.63, 3.8) is 0 Å². The van der Waals surface area contributed by atoms with E-state index in [1.165, 1.54) is 0 Å². The highest BCUT2D eigenvalue weighted by atomic mass is 19.2. The highest BCUT2D eigenvalue weighted by molar-refractivity contribution is 5.79. The third-order valence-electron chi connectivity index (χ3n) is 2.23. The summed E-state index contributed by atoms with van der Waals surface area (Å²) in [7, 11) is 0. The first-order chi connectivity index (χ1) is 7.31. The lowest BCUT2D eigenvalue weighted by Gasteiger charge is -2.07. The molecule has 0 aliphatic rings. The quantitative estimate of drug-likeness (QED) is 0.579. The zero-order valence-corrected chi connectivity index (χ0v) is 8.07. The Balaban J connectivity index is 2.53. The fourth-order valence-electron chi connectivity index (χ4n) is 1.51. The van der Waals surface area contributed by atoms with Crippen molar-refractivity contribution in [2.75, 3.05) is 11.3 Å². The number of benzene rings is 2. The molecule has 0 fully saturated rings. The second-order valence-electron chi connectivity index (χ2n) is 3.27. The van der Waals surface area contributed by atoms with Gasteiger partial charge in [0.1, 0.15) is 0 Å². The topological polar surface area (TPSA) is 38.0 Å². The van der Waals surface area contributed by atoms with Gasteiger partial charge < -0.3 is 5.73 Å². The molecule has 0 saturated carbocycles. The van der Waals surface area contributed by atoms with Gasteiger partial charge in [-0.2, -0.15) is 0 Å². The zero-order chi connectivity index (χ0) is 10.7. The van der Waals surface area contributed by atoms with Gasteiger partial charge in [0.25, 0.3) is 0 Å². The molecule has 15 heavy (non-hydrogen) atoms. The van der Waals surface area contributed by atoms with Crippen LogP contribution in [0, 0.1) is 0 Å². The predicted molar refractivity (Wildman–Crippen MR) is 61.0 cm³/mol. The molecule has 0 bridgehead atoms. The van der Waals surface area contributed by atoms with Crippen LogP contribution in [0.3, 0.4) is 0 Å². The van der Waals surface area contributed by atoms with Gasteiger partial charge >= 0.3 is 0 Å². The average molecular weight is 202 g/mol. The summed E-state index contributed by atoms with van der Waals surface area (Å²) in [6, 6.07) is 14.7. The van der Waals surface area contributed by atoms with E-state index in [-0.39, 0.29) is 0 Å². The van der Waals surface area contributed by atoms with E-state index < -0.39 is 0 Å². The van der Waals surface area contributed by atoms with Crippen molar-refractivity contribution in [1.82, 2.24) is 0 Å². The number of hydrogen-bond donors (Lipinski definition) is 2. The summed E-state index contributed by atoms with van der Waals surface area (Å²) in [6.07, 6.45) is 0. The molecular weight excluding hydrogens is 191 g/mol. The van der Waals surface area contributed by atoms with Crippen molar-refractivity contribution in [3.05, 3.63) is 48.5 Å². The van der Waals surface area contributed by atoms with E-state index in [2.05, 4.69) is 0 Å². The van der Waals surface area contributed by atoms with Crippen LogP contribution in [0.4, 0.5) is 15.9 Å². The van der Waals surface area contributed by atoms with Crippen LogP contribution in [-0.4, -0.2) is 0 Å². The molecule has 2 aromatic rings. The molecule has 2 aromatic carbocycles. The number of nitrogens with one attached hydrogen (secondary N) is 1. The minimum atomic E-state index is 0.390. The van der Waals surface area contributed by atoms with E-state index in [1.807, 2.05) is 30.3 Å². The van der Waals surface area contributed by atoms with E-state index in [4.69, 9.17) is 5.73 Å². The van der Waals surface area contributed by atoms with Crippen LogP contribution in [0.5, 0.6) is 0 Å². The molecule has 3 heteroatoms. The number of halogens is 1. The smallest absolute Gasteiger partial charge is 0.0754 e. The maximum Gasteiger partial charge on any atom is 0.0754 e. The summed E-state index contributed by atoms with van der Waals surface area (Å²) in [5.41, 5.74) is 9.91. The third kappa shape index (κ3) is 1.91. The van der Waals surface area contributed by atoms with Crippen LogP contribution in [0.15, 0.2) is 48.5 Å². The highest BCUT2D eigenvalue weighted by Crippen LogP contribution is 2.29. The van der Waals surface area contributed by atoms with Crippen LogP contribution in [-0.2, 0) is 0 Å². The molecule has 2 rings (SSSR count). The van der Waals surface area contributed by atoms with Crippen LogP contribution in [0.1, 0.15) is 0 Å². The number of nitrogens with two attached hydrogens (primary N) is 1. The van der Waals surface area contributed by atoms with Gasteiger partial charge in [0, 0.05) is 11.3 Å². The van der Waals surface area contributed by atoms with E-state index >= 15 is 0 Å². The maximum atomic E-state index is 12.5. The van der Waals surface area contributed by atoms with Crippen molar-refractivity contribution in [2.24, 2.45) is 0 Å². The Kier molecular flexibility index (Phi) is 2.54. The summed E-state index contributed by atoms with van der Waals surface area (Å²) >= 11 is 0. The van der Waals surface area contributed by atoms with Crippen molar-refractivity contribution in [2.45, 2.75) is 0 Å². The Morgan fingerprint density at radius 2 is 1.73 bits per heavy atom. The van der Waals surface area contributed by atoms with E-state index in [9.17, 15) is 4.48 Å². The van der Waals surface area contributed by atoms with Gasteiger partial charge in [-0.05, 0) is 17.7 Å². The molecule has 0 radical (unpaired) electrons. The molecule has 0 aliphatic carbocycles. The molecule has 0 saturated heterocycles. The second kappa shape index (κ2) is 4.00. The lowest BCUT2D eigenvalue weighted by molar-refractivity contribution is 0.618. The Morgan fingerprint density at radius 1 is 1.00 bits per heavy atom. The van der Waals surface area contributed by atoms with Crippen molar-refractivity contribution in [1.29, 1.82) is 0 Å². The average Bonchev–Trinajstić information content (AvgIpc) is 2.30. The Labute approximate surface area is 87.5 Å². The largest absolute Gasteiger partial charge is 0.399 e. The first-order valence-corrected chi connectivity index (χ1v) is 4.63. The summed E-state index contributed by atoms with van der Waals surface area (Å²) in [6.45, 7) is 0. The molecule has 0 amide bonds. The highest BCUT2D eigenvalue weighted by Gasteiger charge is 2.04. The monoisotopic (exact) mass is 202 g/mol. The lowest BCUT2D eigenvalue weighted by Crippen LogP contribution is -1.91. The molecule has 0 atom stereocenters. The maximum absolute atomic E-state index is 12.5. The van der Waals surface area contributed by atoms with Crippen molar-refractivity contribution < 1.29 is 4.48 Å². The summed E-state index contributed by atoms with van der Waals surface area (Å²) in [5, 5.41) is 0. The molecule has 76 valence electrons. The van der Waals surface area contributed by atoms with Gasteiger partial charge in [-0.1, -0.05) is 36.4 Å². The molecule has 0 spiro atoms. The Hall–Kier alpha value is -2.03. The zero-order valence-electron chi connectivity index (χ0n) is 8.07. The second-order valence-corrected chi connectivity index (χ2v) is 3.27. The number of anilines is 2. The fraction of sp³-hybridized carbons (Fsp3) is 0. The van der Waals surface area contributed by atoms with Crippen LogP contribution < -0.4 is 11.3 Å². The molecule has 2 nitrogen and oxygen atoms in total. The van der Waals surface area contributed by atoms with Gasteiger partial charge in [0.15, 0.2) is 0 Å².